The first-order valence-electron chi connectivity index (χ1n) is 8.79. The lowest BCUT2D eigenvalue weighted by Crippen LogP contribution is -2.34. The Hall–Kier alpha value is -2.61. The number of benzene rings is 2. The van der Waals surface area contributed by atoms with Crippen LogP contribution in [0.25, 0.3) is 33.0 Å². The van der Waals surface area contributed by atoms with E-state index in [4.69, 9.17) is 0 Å². The van der Waals surface area contributed by atoms with E-state index in [0.29, 0.717) is 0 Å². The van der Waals surface area contributed by atoms with Crippen LogP contribution in [0.15, 0.2) is 61.4 Å². The van der Waals surface area contributed by atoms with Crippen LogP contribution in [0.1, 0.15) is 32.3 Å². The fourth-order valence-corrected chi connectivity index (χ4v) is 4.80. The van der Waals surface area contributed by atoms with E-state index < -0.39 is 0 Å². The number of hydrogen-bond acceptors (Lipinski definition) is 0. The summed E-state index contributed by atoms with van der Waals surface area (Å²) >= 11 is 0. The second kappa shape index (κ2) is 4.47. The van der Waals surface area contributed by atoms with Gasteiger partial charge in [0.05, 0.1) is 10.8 Å². The van der Waals surface area contributed by atoms with Crippen molar-refractivity contribution in [1.82, 2.24) is 4.57 Å². The van der Waals surface area contributed by atoms with Crippen LogP contribution in [-0.2, 0) is 5.41 Å². The van der Waals surface area contributed by atoms with Crippen molar-refractivity contribution in [2.75, 3.05) is 0 Å². The van der Waals surface area contributed by atoms with Gasteiger partial charge in [-0.15, -0.1) is 0 Å². The highest BCUT2D eigenvalue weighted by atomic mass is 15.1. The minimum absolute atomic E-state index is 0.0154. The summed E-state index contributed by atoms with van der Waals surface area (Å²) < 4.78 is 4.64. The van der Waals surface area contributed by atoms with E-state index >= 15 is 0 Å². The molecule has 0 saturated heterocycles. The molecule has 0 aliphatic carbocycles. The standard InChI is InChI=1S/C22H21N2/c1-4-22(5-2)15(3)23-13-14-24-19-12-7-6-9-16(19)17-10-8-11-18(22)20(17)21(23)24/h6-14H,3-5H2,1-2H3/q+1. The van der Waals surface area contributed by atoms with E-state index in [0.717, 1.165) is 12.8 Å². The third kappa shape index (κ3) is 1.36. The molecular weight excluding hydrogens is 292 g/mol. The predicted octanol–water partition coefficient (Wildman–Crippen LogP) is 5.08. The molecule has 118 valence electrons. The topological polar surface area (TPSA) is 9.03 Å². The second-order valence-electron chi connectivity index (χ2n) is 6.84. The Morgan fingerprint density at radius 3 is 2.54 bits per heavy atom. The lowest BCUT2D eigenvalue weighted by molar-refractivity contribution is -0.478. The summed E-state index contributed by atoms with van der Waals surface area (Å²) in [5, 5.41) is 4.05. The Labute approximate surface area is 141 Å². The molecule has 0 spiro atoms. The van der Waals surface area contributed by atoms with Crippen molar-refractivity contribution in [2.24, 2.45) is 0 Å². The average molecular weight is 313 g/mol. The van der Waals surface area contributed by atoms with Crippen LogP contribution in [0.3, 0.4) is 0 Å². The van der Waals surface area contributed by atoms with Crippen molar-refractivity contribution in [1.29, 1.82) is 0 Å². The van der Waals surface area contributed by atoms with Gasteiger partial charge in [-0.2, -0.15) is 8.97 Å². The van der Waals surface area contributed by atoms with Gasteiger partial charge in [-0.3, -0.25) is 0 Å². The van der Waals surface area contributed by atoms with Gasteiger partial charge in [0.1, 0.15) is 23.6 Å². The number of hydrogen-bond donors (Lipinski definition) is 0. The molecule has 2 heteroatoms. The smallest absolute Gasteiger partial charge is 0.199 e. The summed E-state index contributed by atoms with van der Waals surface area (Å²) in [5.74, 6) is 0. The molecule has 5 rings (SSSR count). The molecule has 0 saturated carbocycles. The Morgan fingerprint density at radius 2 is 1.75 bits per heavy atom. The molecule has 3 heterocycles. The van der Waals surface area contributed by atoms with E-state index in [1.165, 1.54) is 38.6 Å². The number of para-hydroxylation sites is 1. The Morgan fingerprint density at radius 1 is 1.00 bits per heavy atom. The van der Waals surface area contributed by atoms with Gasteiger partial charge in [0, 0.05) is 10.8 Å². The fourth-order valence-electron chi connectivity index (χ4n) is 4.80. The molecular formula is C22H21N2+. The maximum atomic E-state index is 4.52. The number of imidazole rings is 1. The largest absolute Gasteiger partial charge is 0.299 e. The Bertz CT molecular complexity index is 1140. The monoisotopic (exact) mass is 313 g/mol. The summed E-state index contributed by atoms with van der Waals surface area (Å²) in [4.78, 5) is 0. The van der Waals surface area contributed by atoms with Crippen LogP contribution in [-0.4, -0.2) is 4.57 Å². The predicted molar refractivity (Wildman–Crippen MR) is 100 cm³/mol. The first-order chi connectivity index (χ1) is 11.7. The zero-order valence-corrected chi connectivity index (χ0v) is 14.2. The first kappa shape index (κ1) is 13.8. The number of nitrogens with zero attached hydrogens (tertiary/aromatic N) is 2. The van der Waals surface area contributed by atoms with Crippen molar-refractivity contribution in [3.8, 4) is 0 Å². The highest BCUT2D eigenvalue weighted by Crippen LogP contribution is 2.48. The highest BCUT2D eigenvalue weighted by Gasteiger charge is 2.43. The third-order valence-electron chi connectivity index (χ3n) is 6.13. The molecule has 24 heavy (non-hydrogen) atoms. The molecule has 0 amide bonds. The van der Waals surface area contributed by atoms with Crippen molar-refractivity contribution in [3.63, 3.8) is 0 Å². The van der Waals surface area contributed by atoms with Gasteiger partial charge in [-0.25, -0.2) is 0 Å². The molecule has 2 nitrogen and oxygen atoms in total. The van der Waals surface area contributed by atoms with E-state index in [1.54, 1.807) is 0 Å². The molecule has 1 aliphatic rings. The number of pyridine rings is 1. The van der Waals surface area contributed by atoms with Gasteiger partial charge in [0.15, 0.2) is 0 Å². The molecule has 2 aromatic heterocycles. The van der Waals surface area contributed by atoms with Crippen LogP contribution in [0.2, 0.25) is 0 Å². The minimum Gasteiger partial charge on any atom is -0.199 e. The van der Waals surface area contributed by atoms with Crippen molar-refractivity contribution in [3.05, 3.63) is 67.0 Å². The molecule has 1 aliphatic heterocycles. The highest BCUT2D eigenvalue weighted by molar-refractivity contribution is 6.12. The van der Waals surface area contributed by atoms with E-state index in [9.17, 15) is 0 Å². The average Bonchev–Trinajstić information content (AvgIpc) is 3.08. The van der Waals surface area contributed by atoms with Crippen LogP contribution in [0.5, 0.6) is 0 Å². The summed E-state index contributed by atoms with van der Waals surface area (Å²) in [6.45, 7) is 9.09. The molecule has 0 radical (unpaired) electrons. The number of rotatable bonds is 2. The first-order valence-corrected chi connectivity index (χ1v) is 8.79. The van der Waals surface area contributed by atoms with Crippen LogP contribution in [0.4, 0.5) is 0 Å². The molecule has 0 atom stereocenters. The maximum Gasteiger partial charge on any atom is 0.299 e. The SMILES string of the molecule is C=C1n2cc[n+]3c4ccccc4c4cccc(c4c23)C1(CC)CC. The molecule has 4 aromatic rings. The van der Waals surface area contributed by atoms with E-state index in [-0.39, 0.29) is 5.41 Å². The lowest BCUT2D eigenvalue weighted by atomic mass is 9.70. The molecule has 2 aromatic carbocycles. The van der Waals surface area contributed by atoms with Gasteiger partial charge < -0.3 is 0 Å². The maximum absolute atomic E-state index is 4.52. The lowest BCUT2D eigenvalue weighted by Gasteiger charge is -2.35. The van der Waals surface area contributed by atoms with Crippen LogP contribution >= 0.6 is 0 Å². The fraction of sp³-hybridized carbons (Fsp3) is 0.227. The minimum atomic E-state index is 0.0154. The summed E-state index contributed by atoms with van der Waals surface area (Å²) in [6.07, 6.45) is 6.50. The summed E-state index contributed by atoms with van der Waals surface area (Å²) in [6, 6.07) is 15.5. The summed E-state index contributed by atoms with van der Waals surface area (Å²) in [7, 11) is 0. The van der Waals surface area contributed by atoms with Gasteiger partial charge >= 0.3 is 0 Å². The van der Waals surface area contributed by atoms with Gasteiger partial charge in [-0.05, 0) is 24.5 Å². The number of aromatic nitrogens is 2. The Kier molecular flexibility index (Phi) is 2.57. The molecule has 0 unspecified atom stereocenters. The zero-order chi connectivity index (χ0) is 16.5. The van der Waals surface area contributed by atoms with Gasteiger partial charge in [-0.1, -0.05) is 56.8 Å². The third-order valence-corrected chi connectivity index (χ3v) is 6.13. The van der Waals surface area contributed by atoms with Crippen molar-refractivity contribution in [2.45, 2.75) is 32.1 Å². The quantitative estimate of drug-likeness (QED) is 0.361. The van der Waals surface area contributed by atoms with Gasteiger partial charge in [0.2, 0.25) is 0 Å². The van der Waals surface area contributed by atoms with Crippen molar-refractivity contribution >= 4 is 33.0 Å². The zero-order valence-electron chi connectivity index (χ0n) is 14.2. The van der Waals surface area contributed by atoms with Gasteiger partial charge in [0.25, 0.3) is 5.65 Å². The number of fused-ring (bicyclic) bond motifs is 3. The van der Waals surface area contributed by atoms with E-state index in [2.05, 4.69) is 84.3 Å². The normalized spacial score (nSPS) is 15.8. The Balaban J connectivity index is 2.16. The van der Waals surface area contributed by atoms with E-state index in [1.807, 2.05) is 0 Å². The molecule has 0 bridgehead atoms. The molecule has 0 N–H and O–H groups in total. The number of allylic oxidation sites excluding steroid dienone is 1. The van der Waals surface area contributed by atoms with Crippen LogP contribution in [0, 0.1) is 0 Å². The van der Waals surface area contributed by atoms with Crippen molar-refractivity contribution < 1.29 is 4.40 Å². The molecule has 0 fully saturated rings. The summed E-state index contributed by atoms with van der Waals surface area (Å²) in [5.41, 5.74) is 5.15. The van der Waals surface area contributed by atoms with Crippen LogP contribution < -0.4 is 4.40 Å². The second-order valence-corrected chi connectivity index (χ2v) is 6.84.